The van der Waals surface area contributed by atoms with E-state index in [1.54, 1.807) is 6.20 Å². The Morgan fingerprint density at radius 3 is 2.62 bits per heavy atom. The van der Waals surface area contributed by atoms with Gasteiger partial charge in [0.25, 0.3) is 0 Å². The van der Waals surface area contributed by atoms with E-state index in [2.05, 4.69) is 32.7 Å². The molecule has 0 spiro atoms. The van der Waals surface area contributed by atoms with E-state index in [0.29, 0.717) is 0 Å². The molecule has 16 heavy (non-hydrogen) atoms. The zero-order chi connectivity index (χ0) is 12.2. The number of hydrogen-bond donors (Lipinski definition) is 0. The zero-order valence-electron chi connectivity index (χ0n) is 10.8. The van der Waals surface area contributed by atoms with Crippen LogP contribution in [0.25, 0.3) is 0 Å². The highest BCUT2D eigenvalue weighted by Gasteiger charge is 2.21. The monoisotopic (exact) mass is 239 g/mol. The first kappa shape index (κ1) is 13.5. The maximum Gasteiger partial charge on any atom is 0.0474 e. The van der Waals surface area contributed by atoms with Crippen LogP contribution in [-0.4, -0.2) is 4.98 Å². The van der Waals surface area contributed by atoms with Gasteiger partial charge in [0.1, 0.15) is 0 Å². The van der Waals surface area contributed by atoms with Crippen molar-refractivity contribution in [1.29, 1.82) is 0 Å². The van der Waals surface area contributed by atoms with Gasteiger partial charge in [0.05, 0.1) is 0 Å². The molecule has 0 aliphatic carbocycles. The first-order valence-electron chi connectivity index (χ1n) is 6.04. The summed E-state index contributed by atoms with van der Waals surface area (Å²) in [4.78, 5) is 4.42. The highest BCUT2D eigenvalue weighted by Crippen LogP contribution is 2.29. The Balaban J connectivity index is 2.62. The summed E-state index contributed by atoms with van der Waals surface area (Å²) in [6.45, 7) is 9.02. The maximum atomic E-state index is 6.00. The smallest absolute Gasteiger partial charge is 0.0474 e. The molecule has 0 aliphatic rings. The molecule has 2 heteroatoms. The van der Waals surface area contributed by atoms with Gasteiger partial charge < -0.3 is 0 Å². The summed E-state index contributed by atoms with van der Waals surface area (Å²) in [5.41, 5.74) is 1.23. The Morgan fingerprint density at radius 1 is 1.38 bits per heavy atom. The van der Waals surface area contributed by atoms with Gasteiger partial charge >= 0.3 is 0 Å². The van der Waals surface area contributed by atoms with Crippen molar-refractivity contribution in [3.05, 3.63) is 29.0 Å². The zero-order valence-corrected chi connectivity index (χ0v) is 11.5. The molecule has 0 aromatic carbocycles. The third kappa shape index (κ3) is 4.13. The van der Waals surface area contributed by atoms with Crippen LogP contribution in [0.5, 0.6) is 0 Å². The van der Waals surface area contributed by atoms with Crippen LogP contribution < -0.4 is 0 Å². The summed E-state index contributed by atoms with van der Waals surface area (Å²) in [5, 5.41) is 0.780. The van der Waals surface area contributed by atoms with Crippen molar-refractivity contribution in [3.63, 3.8) is 0 Å². The van der Waals surface area contributed by atoms with Crippen LogP contribution in [0.2, 0.25) is 5.02 Å². The van der Waals surface area contributed by atoms with Gasteiger partial charge in [-0.25, -0.2) is 0 Å². The fourth-order valence-corrected chi connectivity index (χ4v) is 2.01. The SMILES string of the molecule is CC(C)CCCC(C)(C)c1cc(Cl)ccn1. The largest absolute Gasteiger partial charge is 0.261 e. The Labute approximate surface area is 104 Å². The molecule has 90 valence electrons. The van der Waals surface area contributed by atoms with Gasteiger partial charge in [0.15, 0.2) is 0 Å². The average Bonchev–Trinajstić information content (AvgIpc) is 2.16. The summed E-state index contributed by atoms with van der Waals surface area (Å²) in [7, 11) is 0. The number of pyridine rings is 1. The van der Waals surface area contributed by atoms with Crippen molar-refractivity contribution in [2.75, 3.05) is 0 Å². The van der Waals surface area contributed by atoms with E-state index in [0.717, 1.165) is 16.6 Å². The van der Waals surface area contributed by atoms with E-state index in [9.17, 15) is 0 Å². The molecule has 1 heterocycles. The quantitative estimate of drug-likeness (QED) is 0.717. The fraction of sp³-hybridized carbons (Fsp3) is 0.643. The molecule has 0 amide bonds. The molecule has 0 bridgehead atoms. The molecule has 0 N–H and O–H groups in total. The molecular formula is C14H22ClN. The van der Waals surface area contributed by atoms with Gasteiger partial charge in [0.2, 0.25) is 0 Å². The first-order chi connectivity index (χ1) is 7.42. The summed E-state index contributed by atoms with van der Waals surface area (Å²) in [6, 6.07) is 3.81. The molecule has 0 atom stereocenters. The van der Waals surface area contributed by atoms with Crippen molar-refractivity contribution < 1.29 is 0 Å². The van der Waals surface area contributed by atoms with Gasteiger partial charge in [-0.2, -0.15) is 0 Å². The fourth-order valence-electron chi connectivity index (χ4n) is 1.86. The highest BCUT2D eigenvalue weighted by molar-refractivity contribution is 6.30. The van der Waals surface area contributed by atoms with E-state index in [1.807, 2.05) is 12.1 Å². The molecule has 1 nitrogen and oxygen atoms in total. The van der Waals surface area contributed by atoms with Crippen molar-refractivity contribution in [3.8, 4) is 0 Å². The summed E-state index contributed by atoms with van der Waals surface area (Å²) >= 11 is 6.00. The molecule has 0 aliphatic heterocycles. The number of nitrogens with zero attached hydrogens (tertiary/aromatic N) is 1. The summed E-state index contributed by atoms with van der Waals surface area (Å²) in [6.07, 6.45) is 5.49. The van der Waals surface area contributed by atoms with Gasteiger partial charge in [-0.1, -0.05) is 52.1 Å². The second-order valence-electron chi connectivity index (χ2n) is 5.53. The van der Waals surface area contributed by atoms with Crippen LogP contribution in [-0.2, 0) is 5.41 Å². The minimum atomic E-state index is 0.125. The summed E-state index contributed by atoms with van der Waals surface area (Å²) in [5.74, 6) is 0.781. The molecule has 0 radical (unpaired) electrons. The number of rotatable bonds is 5. The molecule has 1 rings (SSSR count). The van der Waals surface area contributed by atoms with E-state index in [-0.39, 0.29) is 5.41 Å². The number of halogens is 1. The standard InChI is InChI=1S/C14H22ClN/c1-11(2)6-5-8-14(3,4)13-10-12(15)7-9-16-13/h7,9-11H,5-6,8H2,1-4H3. The van der Waals surface area contributed by atoms with E-state index in [1.165, 1.54) is 19.3 Å². The number of aromatic nitrogens is 1. The number of hydrogen-bond acceptors (Lipinski definition) is 1. The Hall–Kier alpha value is -0.560. The third-order valence-corrected chi connectivity index (χ3v) is 3.23. The Bertz CT molecular complexity index is 331. The van der Waals surface area contributed by atoms with Crippen LogP contribution in [0, 0.1) is 5.92 Å². The topological polar surface area (TPSA) is 12.9 Å². The predicted octanol–water partition coefficient (Wildman–Crippen LogP) is 4.84. The van der Waals surface area contributed by atoms with Crippen LogP contribution in [0.1, 0.15) is 52.7 Å². The molecule has 1 aromatic rings. The van der Waals surface area contributed by atoms with Gasteiger partial charge in [-0.05, 0) is 24.5 Å². The lowest BCUT2D eigenvalue weighted by molar-refractivity contribution is 0.415. The van der Waals surface area contributed by atoms with Crippen molar-refractivity contribution in [2.24, 2.45) is 5.92 Å². The van der Waals surface area contributed by atoms with Crippen LogP contribution in [0.4, 0.5) is 0 Å². The van der Waals surface area contributed by atoms with Crippen LogP contribution in [0.3, 0.4) is 0 Å². The minimum absolute atomic E-state index is 0.125. The Morgan fingerprint density at radius 2 is 2.06 bits per heavy atom. The lowest BCUT2D eigenvalue weighted by atomic mass is 9.82. The average molecular weight is 240 g/mol. The van der Waals surface area contributed by atoms with Crippen LogP contribution in [0.15, 0.2) is 18.3 Å². The minimum Gasteiger partial charge on any atom is -0.261 e. The molecule has 0 fully saturated rings. The third-order valence-electron chi connectivity index (χ3n) is 3.00. The second kappa shape index (κ2) is 5.67. The van der Waals surface area contributed by atoms with Gasteiger partial charge in [-0.15, -0.1) is 0 Å². The van der Waals surface area contributed by atoms with Gasteiger partial charge in [-0.3, -0.25) is 4.98 Å². The Kier molecular flexibility index (Phi) is 4.79. The van der Waals surface area contributed by atoms with E-state index < -0.39 is 0 Å². The van der Waals surface area contributed by atoms with Crippen molar-refractivity contribution in [1.82, 2.24) is 4.98 Å². The first-order valence-corrected chi connectivity index (χ1v) is 6.41. The molecular weight excluding hydrogens is 218 g/mol. The van der Waals surface area contributed by atoms with Crippen molar-refractivity contribution >= 4 is 11.6 Å². The van der Waals surface area contributed by atoms with Crippen molar-refractivity contribution in [2.45, 2.75) is 52.4 Å². The van der Waals surface area contributed by atoms with E-state index >= 15 is 0 Å². The van der Waals surface area contributed by atoms with E-state index in [4.69, 9.17) is 11.6 Å². The lowest BCUT2D eigenvalue weighted by Crippen LogP contribution is -2.18. The second-order valence-corrected chi connectivity index (χ2v) is 5.97. The normalized spacial score (nSPS) is 12.1. The molecule has 0 unspecified atom stereocenters. The van der Waals surface area contributed by atoms with Crippen LogP contribution >= 0.6 is 11.6 Å². The predicted molar refractivity (Wildman–Crippen MR) is 71.0 cm³/mol. The molecule has 1 aromatic heterocycles. The molecule has 0 saturated carbocycles. The maximum absolute atomic E-state index is 6.00. The highest BCUT2D eigenvalue weighted by atomic mass is 35.5. The molecule has 0 saturated heterocycles. The van der Waals surface area contributed by atoms with Gasteiger partial charge in [0, 0.05) is 22.3 Å². The summed E-state index contributed by atoms with van der Waals surface area (Å²) < 4.78 is 0. The lowest BCUT2D eigenvalue weighted by Gasteiger charge is -2.24.